The summed E-state index contributed by atoms with van der Waals surface area (Å²) in [5.74, 6) is 0.312. The fourth-order valence-electron chi connectivity index (χ4n) is 2.17. The summed E-state index contributed by atoms with van der Waals surface area (Å²) in [6.45, 7) is 2.95. The lowest BCUT2D eigenvalue weighted by molar-refractivity contribution is 0.1000. The van der Waals surface area contributed by atoms with Crippen molar-refractivity contribution < 1.29 is 9.53 Å². The number of hydrogen-bond donors (Lipinski definition) is 1. The van der Waals surface area contributed by atoms with E-state index in [1.165, 1.54) is 44.9 Å². The van der Waals surface area contributed by atoms with Crippen LogP contribution in [-0.4, -0.2) is 12.5 Å². The van der Waals surface area contributed by atoms with E-state index < -0.39 is 5.91 Å². The Kier molecular flexibility index (Phi) is 8.52. The van der Waals surface area contributed by atoms with E-state index in [9.17, 15) is 4.79 Å². The first-order valence-corrected chi connectivity index (χ1v) is 7.76. The van der Waals surface area contributed by atoms with Gasteiger partial charge in [0.05, 0.1) is 6.61 Å². The molecule has 0 saturated heterocycles. The Hall–Kier alpha value is -1.51. The van der Waals surface area contributed by atoms with E-state index in [4.69, 9.17) is 10.5 Å². The van der Waals surface area contributed by atoms with Crippen molar-refractivity contribution in [1.29, 1.82) is 0 Å². The smallest absolute Gasteiger partial charge is 0.248 e. The zero-order valence-corrected chi connectivity index (χ0v) is 12.6. The highest BCUT2D eigenvalue weighted by Gasteiger charge is 2.01. The van der Waals surface area contributed by atoms with E-state index >= 15 is 0 Å². The quantitative estimate of drug-likeness (QED) is 0.613. The van der Waals surface area contributed by atoms with Crippen LogP contribution in [0, 0.1) is 0 Å². The van der Waals surface area contributed by atoms with Gasteiger partial charge in [0.25, 0.3) is 0 Å². The van der Waals surface area contributed by atoms with Gasteiger partial charge in [0, 0.05) is 5.56 Å². The standard InChI is InChI=1S/C17H27NO2/c1-2-3-4-5-6-7-8-9-13-20-16-12-10-11-15(14-16)17(18)19/h10-12,14H,2-9,13H2,1H3,(H2,18,19). The predicted octanol–water partition coefficient (Wildman–Crippen LogP) is 4.31. The minimum Gasteiger partial charge on any atom is -0.494 e. The molecule has 112 valence electrons. The van der Waals surface area contributed by atoms with Gasteiger partial charge in [-0.2, -0.15) is 0 Å². The van der Waals surface area contributed by atoms with Crippen LogP contribution in [0.2, 0.25) is 0 Å². The molecule has 1 rings (SSSR count). The second-order valence-electron chi connectivity index (χ2n) is 5.22. The van der Waals surface area contributed by atoms with Gasteiger partial charge in [-0.15, -0.1) is 0 Å². The molecule has 0 fully saturated rings. The molecule has 0 aliphatic carbocycles. The number of amides is 1. The molecule has 1 aromatic rings. The van der Waals surface area contributed by atoms with Gasteiger partial charge in [0.1, 0.15) is 5.75 Å². The zero-order chi connectivity index (χ0) is 14.6. The first-order chi connectivity index (χ1) is 9.74. The van der Waals surface area contributed by atoms with Crippen molar-refractivity contribution >= 4 is 5.91 Å². The highest BCUT2D eigenvalue weighted by molar-refractivity contribution is 5.93. The number of carbonyl (C=O) groups is 1. The number of hydrogen-bond acceptors (Lipinski definition) is 2. The molecule has 3 heteroatoms. The maximum absolute atomic E-state index is 11.0. The highest BCUT2D eigenvalue weighted by Crippen LogP contribution is 2.14. The molecule has 1 amide bonds. The Morgan fingerprint density at radius 1 is 1.05 bits per heavy atom. The SMILES string of the molecule is CCCCCCCCCCOc1cccc(C(N)=O)c1. The van der Waals surface area contributed by atoms with Gasteiger partial charge in [-0.05, 0) is 24.6 Å². The van der Waals surface area contributed by atoms with Crippen LogP contribution in [0.3, 0.4) is 0 Å². The maximum atomic E-state index is 11.0. The Balaban J connectivity index is 2.06. The fraction of sp³-hybridized carbons (Fsp3) is 0.588. The summed E-state index contributed by atoms with van der Waals surface area (Å²) >= 11 is 0. The lowest BCUT2D eigenvalue weighted by atomic mass is 10.1. The topological polar surface area (TPSA) is 52.3 Å². The van der Waals surface area contributed by atoms with E-state index in [-0.39, 0.29) is 0 Å². The summed E-state index contributed by atoms with van der Waals surface area (Å²) in [4.78, 5) is 11.0. The van der Waals surface area contributed by atoms with Crippen LogP contribution < -0.4 is 10.5 Å². The summed E-state index contributed by atoms with van der Waals surface area (Å²) in [6, 6.07) is 7.05. The molecule has 0 unspecified atom stereocenters. The minimum absolute atomic E-state index is 0.414. The molecule has 20 heavy (non-hydrogen) atoms. The molecular weight excluding hydrogens is 250 g/mol. The molecule has 0 aliphatic heterocycles. The predicted molar refractivity (Wildman–Crippen MR) is 83.1 cm³/mol. The molecule has 3 nitrogen and oxygen atoms in total. The van der Waals surface area contributed by atoms with Gasteiger partial charge >= 0.3 is 0 Å². The zero-order valence-electron chi connectivity index (χ0n) is 12.6. The Bertz CT molecular complexity index is 390. The minimum atomic E-state index is -0.414. The van der Waals surface area contributed by atoms with Crippen LogP contribution in [0.1, 0.15) is 68.6 Å². The van der Waals surface area contributed by atoms with Crippen LogP contribution in [0.25, 0.3) is 0 Å². The lowest BCUT2D eigenvalue weighted by Crippen LogP contribution is -2.10. The molecule has 1 aromatic carbocycles. The van der Waals surface area contributed by atoms with Gasteiger partial charge in [-0.1, -0.05) is 57.9 Å². The molecule has 0 bridgehead atoms. The molecule has 0 heterocycles. The van der Waals surface area contributed by atoms with Gasteiger partial charge in [-0.3, -0.25) is 4.79 Å². The maximum Gasteiger partial charge on any atom is 0.248 e. The van der Waals surface area contributed by atoms with Gasteiger partial charge in [-0.25, -0.2) is 0 Å². The van der Waals surface area contributed by atoms with Crippen molar-refractivity contribution in [1.82, 2.24) is 0 Å². The molecule has 0 saturated carbocycles. The van der Waals surface area contributed by atoms with Crippen LogP contribution in [0.5, 0.6) is 5.75 Å². The van der Waals surface area contributed by atoms with Gasteiger partial charge < -0.3 is 10.5 Å². The lowest BCUT2D eigenvalue weighted by Gasteiger charge is -2.07. The van der Waals surface area contributed by atoms with Crippen LogP contribution in [0.4, 0.5) is 0 Å². The Morgan fingerprint density at radius 3 is 2.35 bits per heavy atom. The Morgan fingerprint density at radius 2 is 1.70 bits per heavy atom. The van der Waals surface area contributed by atoms with E-state index in [0.29, 0.717) is 12.2 Å². The second-order valence-corrected chi connectivity index (χ2v) is 5.22. The van der Waals surface area contributed by atoms with Gasteiger partial charge in [0.15, 0.2) is 0 Å². The van der Waals surface area contributed by atoms with E-state index in [0.717, 1.165) is 12.2 Å². The van der Waals surface area contributed by atoms with Crippen LogP contribution in [-0.2, 0) is 0 Å². The van der Waals surface area contributed by atoms with Crippen LogP contribution >= 0.6 is 0 Å². The first-order valence-electron chi connectivity index (χ1n) is 7.76. The van der Waals surface area contributed by atoms with E-state index in [2.05, 4.69) is 6.92 Å². The normalized spacial score (nSPS) is 10.4. The van der Waals surface area contributed by atoms with Crippen molar-refractivity contribution in [2.75, 3.05) is 6.61 Å². The van der Waals surface area contributed by atoms with E-state index in [1.807, 2.05) is 6.07 Å². The summed E-state index contributed by atoms with van der Waals surface area (Å²) < 4.78 is 5.63. The summed E-state index contributed by atoms with van der Waals surface area (Å²) in [5, 5.41) is 0. The molecule has 0 spiro atoms. The van der Waals surface area contributed by atoms with Crippen molar-refractivity contribution in [2.24, 2.45) is 5.73 Å². The van der Waals surface area contributed by atoms with Crippen molar-refractivity contribution in [3.05, 3.63) is 29.8 Å². The third-order valence-electron chi connectivity index (χ3n) is 3.39. The molecular formula is C17H27NO2. The number of benzene rings is 1. The second kappa shape index (κ2) is 10.3. The van der Waals surface area contributed by atoms with Gasteiger partial charge in [0.2, 0.25) is 5.91 Å². The molecule has 2 N–H and O–H groups in total. The number of ether oxygens (including phenoxy) is 1. The van der Waals surface area contributed by atoms with Crippen molar-refractivity contribution in [2.45, 2.75) is 58.3 Å². The van der Waals surface area contributed by atoms with Crippen molar-refractivity contribution in [3.8, 4) is 5.75 Å². The third kappa shape index (κ3) is 7.17. The largest absolute Gasteiger partial charge is 0.494 e. The molecule has 0 aliphatic rings. The summed E-state index contributed by atoms with van der Waals surface area (Å²) in [5.41, 5.74) is 5.73. The van der Waals surface area contributed by atoms with E-state index in [1.54, 1.807) is 18.2 Å². The summed E-state index contributed by atoms with van der Waals surface area (Å²) in [7, 11) is 0. The third-order valence-corrected chi connectivity index (χ3v) is 3.39. The molecule has 0 aromatic heterocycles. The van der Waals surface area contributed by atoms with Crippen molar-refractivity contribution in [3.63, 3.8) is 0 Å². The van der Waals surface area contributed by atoms with Crippen LogP contribution in [0.15, 0.2) is 24.3 Å². The first kappa shape index (κ1) is 16.5. The summed E-state index contributed by atoms with van der Waals surface area (Å²) in [6.07, 6.45) is 10.3. The number of nitrogens with two attached hydrogens (primary N) is 1. The fourth-order valence-corrected chi connectivity index (χ4v) is 2.17. The average Bonchev–Trinajstić information content (AvgIpc) is 2.46. The monoisotopic (exact) mass is 277 g/mol. The highest BCUT2D eigenvalue weighted by atomic mass is 16.5. The number of rotatable bonds is 11. The number of carbonyl (C=O) groups excluding carboxylic acids is 1. The Labute approximate surface area is 122 Å². The molecule has 0 radical (unpaired) electrons. The number of primary amides is 1. The number of unbranched alkanes of at least 4 members (excludes halogenated alkanes) is 7. The average molecular weight is 277 g/mol. The molecule has 0 atom stereocenters.